The number of anilines is 1. The van der Waals surface area contributed by atoms with Crippen LogP contribution in [0.4, 0.5) is 5.69 Å². The summed E-state index contributed by atoms with van der Waals surface area (Å²) < 4.78 is 0. The van der Waals surface area contributed by atoms with Gasteiger partial charge in [0, 0.05) is 32.1 Å². The second-order valence-corrected chi connectivity index (χ2v) is 4.72. The number of nitrogen functional groups attached to an aromatic ring is 1. The fourth-order valence-corrected chi connectivity index (χ4v) is 2.23. The average Bonchev–Trinajstić information content (AvgIpc) is 3.13. The van der Waals surface area contributed by atoms with E-state index in [0.717, 1.165) is 44.7 Å². The van der Waals surface area contributed by atoms with Crippen molar-refractivity contribution < 1.29 is 4.79 Å². The van der Waals surface area contributed by atoms with Crippen molar-refractivity contribution in [1.82, 2.24) is 20.4 Å². The maximum atomic E-state index is 12.2. The first-order chi connectivity index (χ1) is 8.27. The maximum Gasteiger partial charge on any atom is 0.276 e. The highest BCUT2D eigenvalue weighted by Crippen LogP contribution is 2.42. The van der Waals surface area contributed by atoms with E-state index in [0.29, 0.717) is 17.3 Å². The third-order valence-corrected chi connectivity index (χ3v) is 3.43. The molecule has 1 aliphatic heterocycles. The van der Waals surface area contributed by atoms with E-state index < -0.39 is 0 Å². The van der Waals surface area contributed by atoms with Crippen LogP contribution in [0, 0.1) is 0 Å². The van der Waals surface area contributed by atoms with Gasteiger partial charge in [0.2, 0.25) is 0 Å². The van der Waals surface area contributed by atoms with E-state index in [1.165, 1.54) is 0 Å². The molecule has 1 saturated carbocycles. The monoisotopic (exact) mass is 235 g/mol. The number of hydrogen-bond donors (Lipinski definition) is 3. The van der Waals surface area contributed by atoms with Crippen molar-refractivity contribution >= 4 is 11.6 Å². The van der Waals surface area contributed by atoms with Gasteiger partial charge in [-0.05, 0) is 12.8 Å². The molecule has 1 aromatic heterocycles. The number of nitrogens with one attached hydrogen (secondary N) is 2. The standard InChI is InChI=1S/C11H17N5O/c12-8-9(7-1-2-7)14-15-10(8)11(17)16-5-3-13-4-6-16/h7,13H,1-6,12H2,(H,14,15). The molecule has 0 aromatic carbocycles. The summed E-state index contributed by atoms with van der Waals surface area (Å²) in [6.45, 7) is 3.13. The zero-order valence-electron chi connectivity index (χ0n) is 9.70. The lowest BCUT2D eigenvalue weighted by Gasteiger charge is -2.26. The molecule has 0 bridgehead atoms. The number of hydrogen-bond acceptors (Lipinski definition) is 4. The molecule has 2 heterocycles. The Labute approximate surface area is 99.5 Å². The zero-order chi connectivity index (χ0) is 11.8. The van der Waals surface area contributed by atoms with Gasteiger partial charge in [0.1, 0.15) is 0 Å². The minimum absolute atomic E-state index is 0.0489. The summed E-state index contributed by atoms with van der Waals surface area (Å²) in [7, 11) is 0. The van der Waals surface area contributed by atoms with Gasteiger partial charge >= 0.3 is 0 Å². The molecule has 1 amide bonds. The van der Waals surface area contributed by atoms with Crippen LogP contribution in [-0.4, -0.2) is 47.2 Å². The first-order valence-electron chi connectivity index (χ1n) is 6.11. The zero-order valence-corrected chi connectivity index (χ0v) is 9.70. The van der Waals surface area contributed by atoms with Crippen LogP contribution in [0.25, 0.3) is 0 Å². The quantitative estimate of drug-likeness (QED) is 0.669. The molecule has 6 heteroatoms. The van der Waals surface area contributed by atoms with Crippen molar-refractivity contribution in [1.29, 1.82) is 0 Å². The summed E-state index contributed by atoms with van der Waals surface area (Å²) in [4.78, 5) is 14.0. The SMILES string of the molecule is Nc1c(C(=O)N2CCNCC2)n[nH]c1C1CC1. The number of carbonyl (C=O) groups excluding carboxylic acids is 1. The van der Waals surface area contributed by atoms with E-state index in [9.17, 15) is 4.79 Å². The number of nitrogens with two attached hydrogens (primary N) is 1. The van der Waals surface area contributed by atoms with Crippen molar-refractivity contribution in [2.24, 2.45) is 0 Å². The van der Waals surface area contributed by atoms with Crippen LogP contribution >= 0.6 is 0 Å². The van der Waals surface area contributed by atoms with Gasteiger partial charge in [-0.15, -0.1) is 0 Å². The van der Waals surface area contributed by atoms with E-state index in [1.54, 1.807) is 4.90 Å². The molecule has 0 atom stereocenters. The van der Waals surface area contributed by atoms with Gasteiger partial charge < -0.3 is 16.0 Å². The molecule has 0 radical (unpaired) electrons. The van der Waals surface area contributed by atoms with Crippen LogP contribution < -0.4 is 11.1 Å². The fourth-order valence-electron chi connectivity index (χ4n) is 2.23. The molecule has 2 fully saturated rings. The van der Waals surface area contributed by atoms with Gasteiger partial charge in [0.25, 0.3) is 5.91 Å². The van der Waals surface area contributed by atoms with E-state index >= 15 is 0 Å². The third-order valence-electron chi connectivity index (χ3n) is 3.43. The number of H-pyrrole nitrogens is 1. The Kier molecular flexibility index (Phi) is 2.51. The van der Waals surface area contributed by atoms with Crippen LogP contribution in [0.2, 0.25) is 0 Å². The number of nitrogens with zero attached hydrogens (tertiary/aromatic N) is 2. The summed E-state index contributed by atoms with van der Waals surface area (Å²) in [5.74, 6) is 0.444. The van der Waals surface area contributed by atoms with Crippen molar-refractivity contribution in [3.05, 3.63) is 11.4 Å². The van der Waals surface area contributed by atoms with Gasteiger partial charge in [-0.1, -0.05) is 0 Å². The van der Waals surface area contributed by atoms with Crippen molar-refractivity contribution in [3.8, 4) is 0 Å². The summed E-state index contributed by atoms with van der Waals surface area (Å²) in [5.41, 5.74) is 7.89. The second-order valence-electron chi connectivity index (χ2n) is 4.72. The Bertz CT molecular complexity index is 431. The Morgan fingerprint density at radius 2 is 2.06 bits per heavy atom. The van der Waals surface area contributed by atoms with Crippen molar-refractivity contribution in [2.45, 2.75) is 18.8 Å². The Morgan fingerprint density at radius 3 is 2.71 bits per heavy atom. The van der Waals surface area contributed by atoms with Crippen molar-refractivity contribution in [2.75, 3.05) is 31.9 Å². The fraction of sp³-hybridized carbons (Fsp3) is 0.636. The molecule has 1 aliphatic carbocycles. The molecular formula is C11H17N5O. The molecule has 2 aliphatic rings. The second kappa shape index (κ2) is 4.03. The molecule has 0 spiro atoms. The Hall–Kier alpha value is -1.56. The average molecular weight is 235 g/mol. The van der Waals surface area contributed by atoms with Gasteiger partial charge in [-0.25, -0.2) is 0 Å². The number of rotatable bonds is 2. The lowest BCUT2D eigenvalue weighted by molar-refractivity contribution is 0.0731. The first-order valence-corrected chi connectivity index (χ1v) is 6.11. The number of carbonyl (C=O) groups is 1. The summed E-state index contributed by atoms with van der Waals surface area (Å²) in [5, 5.41) is 10.2. The van der Waals surface area contributed by atoms with E-state index in [1.807, 2.05) is 0 Å². The van der Waals surface area contributed by atoms with Crippen LogP contribution in [0.15, 0.2) is 0 Å². The predicted molar refractivity (Wildman–Crippen MR) is 63.7 cm³/mol. The molecule has 17 heavy (non-hydrogen) atoms. The summed E-state index contributed by atoms with van der Waals surface area (Å²) in [6, 6.07) is 0. The minimum Gasteiger partial charge on any atom is -0.395 e. The molecule has 1 aromatic rings. The van der Waals surface area contributed by atoms with Gasteiger partial charge in [-0.2, -0.15) is 5.10 Å². The number of aromatic nitrogens is 2. The maximum absolute atomic E-state index is 12.2. The molecule has 6 nitrogen and oxygen atoms in total. The van der Waals surface area contributed by atoms with Crippen LogP contribution in [-0.2, 0) is 0 Å². The van der Waals surface area contributed by atoms with Crippen LogP contribution in [0.1, 0.15) is 34.9 Å². The molecule has 3 rings (SSSR count). The number of amides is 1. The van der Waals surface area contributed by atoms with Gasteiger partial charge in [0.15, 0.2) is 5.69 Å². The molecule has 4 N–H and O–H groups in total. The highest BCUT2D eigenvalue weighted by atomic mass is 16.2. The highest BCUT2D eigenvalue weighted by molar-refractivity contribution is 5.97. The van der Waals surface area contributed by atoms with Crippen LogP contribution in [0.3, 0.4) is 0 Å². The first kappa shape index (κ1) is 10.6. The molecule has 0 unspecified atom stereocenters. The molecular weight excluding hydrogens is 218 g/mol. The third kappa shape index (κ3) is 1.88. The highest BCUT2D eigenvalue weighted by Gasteiger charge is 2.31. The minimum atomic E-state index is -0.0489. The Morgan fingerprint density at radius 1 is 1.35 bits per heavy atom. The van der Waals surface area contributed by atoms with Crippen molar-refractivity contribution in [3.63, 3.8) is 0 Å². The smallest absolute Gasteiger partial charge is 0.276 e. The molecule has 92 valence electrons. The normalized spacial score (nSPS) is 20.6. The largest absolute Gasteiger partial charge is 0.395 e. The van der Waals surface area contributed by atoms with Crippen LogP contribution in [0.5, 0.6) is 0 Å². The lowest BCUT2D eigenvalue weighted by atomic mass is 10.2. The number of piperazine rings is 1. The van der Waals surface area contributed by atoms with Gasteiger partial charge in [-0.3, -0.25) is 9.89 Å². The van der Waals surface area contributed by atoms with E-state index in [-0.39, 0.29) is 5.91 Å². The van der Waals surface area contributed by atoms with E-state index in [4.69, 9.17) is 5.73 Å². The summed E-state index contributed by atoms with van der Waals surface area (Å²) in [6.07, 6.45) is 2.29. The Balaban J connectivity index is 1.80. The van der Waals surface area contributed by atoms with E-state index in [2.05, 4.69) is 15.5 Å². The topological polar surface area (TPSA) is 87.0 Å². The lowest BCUT2D eigenvalue weighted by Crippen LogP contribution is -2.46. The number of aromatic amines is 1. The predicted octanol–water partition coefficient (Wildman–Crippen LogP) is -0.0853. The molecule has 1 saturated heterocycles. The summed E-state index contributed by atoms with van der Waals surface area (Å²) >= 11 is 0. The van der Waals surface area contributed by atoms with Gasteiger partial charge in [0.05, 0.1) is 11.4 Å².